The minimum atomic E-state index is -3.69. The molecule has 0 unspecified atom stereocenters. The van der Waals surface area contributed by atoms with Crippen molar-refractivity contribution >= 4 is 33.2 Å². The maximum atomic E-state index is 12.7. The van der Waals surface area contributed by atoms with Crippen LogP contribution in [0, 0.1) is 6.92 Å². The zero-order chi connectivity index (χ0) is 22.3. The van der Waals surface area contributed by atoms with Crippen LogP contribution in [0.2, 0.25) is 5.02 Å². The van der Waals surface area contributed by atoms with E-state index in [-0.39, 0.29) is 5.91 Å². The van der Waals surface area contributed by atoms with Crippen molar-refractivity contribution in [3.63, 3.8) is 0 Å². The zero-order valence-electron chi connectivity index (χ0n) is 17.8. The smallest absolute Gasteiger partial charge is 0.243 e. The minimum absolute atomic E-state index is 0.363. The molecule has 0 aliphatic carbocycles. The summed E-state index contributed by atoms with van der Waals surface area (Å²) in [7, 11) is -3.69. The Kier molecular flexibility index (Phi) is 8.55. The van der Waals surface area contributed by atoms with Gasteiger partial charge in [0.05, 0.1) is 18.6 Å². The summed E-state index contributed by atoms with van der Waals surface area (Å²) in [5.41, 5.74) is 2.20. The van der Waals surface area contributed by atoms with Gasteiger partial charge in [0.25, 0.3) is 0 Å². The van der Waals surface area contributed by atoms with E-state index in [0.29, 0.717) is 30.3 Å². The van der Waals surface area contributed by atoms with Crippen molar-refractivity contribution in [2.75, 3.05) is 23.7 Å². The molecule has 0 fully saturated rings. The van der Waals surface area contributed by atoms with E-state index in [1.807, 2.05) is 31.2 Å². The number of halogens is 1. The van der Waals surface area contributed by atoms with Gasteiger partial charge in [-0.2, -0.15) is 0 Å². The van der Waals surface area contributed by atoms with Gasteiger partial charge in [-0.15, -0.1) is 0 Å². The monoisotopic (exact) mass is 452 g/mol. The molecule has 0 aromatic heterocycles. The second-order valence-corrected chi connectivity index (χ2v) is 9.40. The van der Waals surface area contributed by atoms with Crippen LogP contribution < -0.4 is 14.4 Å². The number of rotatable bonds is 10. The average molecular weight is 453 g/mol. The van der Waals surface area contributed by atoms with Crippen molar-refractivity contribution in [2.45, 2.75) is 39.7 Å². The first kappa shape index (κ1) is 24.0. The molecular weight excluding hydrogens is 424 g/mol. The molecule has 0 aliphatic heterocycles. The third-order valence-corrected chi connectivity index (χ3v) is 6.15. The van der Waals surface area contributed by atoms with E-state index in [4.69, 9.17) is 16.3 Å². The molecule has 30 heavy (non-hydrogen) atoms. The van der Waals surface area contributed by atoms with Crippen LogP contribution in [-0.2, 0) is 21.2 Å². The van der Waals surface area contributed by atoms with Gasteiger partial charge in [-0.3, -0.25) is 9.10 Å². The number of sulfonamides is 1. The van der Waals surface area contributed by atoms with Crippen LogP contribution in [0.4, 0.5) is 5.69 Å². The normalized spacial score (nSPS) is 12.3. The Hall–Kier alpha value is -2.25. The van der Waals surface area contributed by atoms with Crippen molar-refractivity contribution in [1.29, 1.82) is 0 Å². The van der Waals surface area contributed by atoms with Crippen LogP contribution in [0.15, 0.2) is 42.5 Å². The number of benzene rings is 2. The van der Waals surface area contributed by atoms with Crippen LogP contribution in [0.25, 0.3) is 0 Å². The van der Waals surface area contributed by atoms with E-state index in [1.165, 1.54) is 0 Å². The Morgan fingerprint density at radius 3 is 2.60 bits per heavy atom. The average Bonchev–Trinajstić information content (AvgIpc) is 2.68. The van der Waals surface area contributed by atoms with Crippen molar-refractivity contribution in [3.05, 3.63) is 58.6 Å². The third kappa shape index (κ3) is 6.37. The van der Waals surface area contributed by atoms with Crippen LogP contribution in [-0.4, -0.2) is 39.8 Å². The predicted molar refractivity (Wildman–Crippen MR) is 122 cm³/mol. The Labute approximate surface area is 184 Å². The number of nitrogens with zero attached hydrogens (tertiary/aromatic N) is 1. The van der Waals surface area contributed by atoms with E-state index in [1.54, 1.807) is 32.0 Å². The number of hydrogen-bond acceptors (Lipinski definition) is 4. The molecule has 6 nitrogen and oxygen atoms in total. The number of hydrogen-bond donors (Lipinski definition) is 1. The molecule has 2 aromatic rings. The van der Waals surface area contributed by atoms with Crippen LogP contribution in [0.1, 0.15) is 31.4 Å². The standard InChI is InChI=1S/C22H29ClN2O4S/c1-5-29-21-11-7-6-9-18(21)10-8-14-24-22(26)17(3)25(30(4,27)28)20-15-19(23)13-12-16(20)2/h6-7,9,11-13,15,17H,5,8,10,14H2,1-4H3,(H,24,26)/t17-/m1/s1. The number of para-hydroxylation sites is 1. The predicted octanol–water partition coefficient (Wildman–Crippen LogP) is 3.95. The summed E-state index contributed by atoms with van der Waals surface area (Å²) in [4.78, 5) is 12.7. The van der Waals surface area contributed by atoms with Gasteiger partial charge in [0.2, 0.25) is 15.9 Å². The molecule has 0 bridgehead atoms. The Morgan fingerprint density at radius 2 is 1.93 bits per heavy atom. The summed E-state index contributed by atoms with van der Waals surface area (Å²) in [6.45, 7) is 6.31. The SMILES string of the molecule is CCOc1ccccc1CCCNC(=O)[C@@H](C)N(c1cc(Cl)ccc1C)S(C)(=O)=O. The molecule has 1 N–H and O–H groups in total. The van der Waals surface area contributed by atoms with Gasteiger partial charge in [0.15, 0.2) is 0 Å². The minimum Gasteiger partial charge on any atom is -0.494 e. The molecule has 0 heterocycles. The van der Waals surface area contributed by atoms with E-state index in [0.717, 1.165) is 33.9 Å². The molecule has 2 rings (SSSR count). The second kappa shape index (κ2) is 10.7. The topological polar surface area (TPSA) is 75.7 Å². The fourth-order valence-electron chi connectivity index (χ4n) is 3.25. The molecule has 0 saturated heterocycles. The van der Waals surface area contributed by atoms with E-state index >= 15 is 0 Å². The summed E-state index contributed by atoms with van der Waals surface area (Å²) in [6.07, 6.45) is 2.54. The van der Waals surface area contributed by atoms with Gasteiger partial charge in [0.1, 0.15) is 11.8 Å². The number of aryl methyl sites for hydroxylation is 2. The Bertz CT molecular complexity index is 979. The lowest BCUT2D eigenvalue weighted by Crippen LogP contribution is -2.48. The van der Waals surface area contributed by atoms with Crippen molar-refractivity contribution in [3.8, 4) is 5.75 Å². The van der Waals surface area contributed by atoms with E-state index < -0.39 is 16.1 Å². The van der Waals surface area contributed by atoms with Gasteiger partial charge in [-0.05, 0) is 62.9 Å². The number of anilines is 1. The Morgan fingerprint density at radius 1 is 1.23 bits per heavy atom. The summed E-state index contributed by atoms with van der Waals surface area (Å²) in [5, 5.41) is 3.25. The van der Waals surface area contributed by atoms with Crippen molar-refractivity contribution in [2.24, 2.45) is 0 Å². The second-order valence-electron chi connectivity index (χ2n) is 7.10. The number of carbonyl (C=O) groups excluding carboxylic acids is 1. The summed E-state index contributed by atoms with van der Waals surface area (Å²) < 4.78 is 31.6. The third-order valence-electron chi connectivity index (χ3n) is 4.69. The number of ether oxygens (including phenoxy) is 1. The zero-order valence-corrected chi connectivity index (χ0v) is 19.4. The summed E-state index contributed by atoms with van der Waals surface area (Å²) in [6, 6.07) is 11.9. The quantitative estimate of drug-likeness (QED) is 0.554. The van der Waals surface area contributed by atoms with Gasteiger partial charge < -0.3 is 10.1 Å². The fraction of sp³-hybridized carbons (Fsp3) is 0.409. The van der Waals surface area contributed by atoms with Crippen LogP contribution in [0.3, 0.4) is 0 Å². The first-order valence-corrected chi connectivity index (χ1v) is 12.1. The highest BCUT2D eigenvalue weighted by atomic mass is 35.5. The Balaban J connectivity index is 2.04. The number of nitrogens with one attached hydrogen (secondary N) is 1. The highest BCUT2D eigenvalue weighted by Crippen LogP contribution is 2.28. The maximum Gasteiger partial charge on any atom is 0.243 e. The highest BCUT2D eigenvalue weighted by Gasteiger charge is 2.30. The van der Waals surface area contributed by atoms with Gasteiger partial charge in [0, 0.05) is 11.6 Å². The van der Waals surface area contributed by atoms with E-state index in [9.17, 15) is 13.2 Å². The lowest BCUT2D eigenvalue weighted by atomic mass is 10.1. The molecule has 2 aromatic carbocycles. The van der Waals surface area contributed by atoms with Crippen LogP contribution >= 0.6 is 11.6 Å². The molecule has 1 amide bonds. The van der Waals surface area contributed by atoms with Crippen LogP contribution in [0.5, 0.6) is 5.75 Å². The highest BCUT2D eigenvalue weighted by molar-refractivity contribution is 7.92. The van der Waals surface area contributed by atoms with E-state index in [2.05, 4.69) is 5.32 Å². The molecular formula is C22H29ClN2O4S. The largest absolute Gasteiger partial charge is 0.494 e. The summed E-state index contributed by atoms with van der Waals surface area (Å²) >= 11 is 6.06. The van der Waals surface area contributed by atoms with Crippen molar-refractivity contribution in [1.82, 2.24) is 5.32 Å². The molecule has 0 aliphatic rings. The molecule has 8 heteroatoms. The fourth-order valence-corrected chi connectivity index (χ4v) is 4.64. The first-order chi connectivity index (χ1) is 14.1. The number of carbonyl (C=O) groups is 1. The molecule has 0 spiro atoms. The molecule has 0 saturated carbocycles. The summed E-state index contributed by atoms with van der Waals surface area (Å²) in [5.74, 6) is 0.484. The molecule has 1 atom stereocenters. The van der Waals surface area contributed by atoms with Gasteiger partial charge in [-0.25, -0.2) is 8.42 Å². The lowest BCUT2D eigenvalue weighted by Gasteiger charge is -2.29. The van der Waals surface area contributed by atoms with Crippen molar-refractivity contribution < 1.29 is 17.9 Å². The first-order valence-electron chi connectivity index (χ1n) is 9.89. The van der Waals surface area contributed by atoms with Gasteiger partial charge >= 0.3 is 0 Å². The number of amides is 1. The molecule has 0 radical (unpaired) electrons. The maximum absolute atomic E-state index is 12.7. The molecule has 164 valence electrons. The van der Waals surface area contributed by atoms with Gasteiger partial charge in [-0.1, -0.05) is 35.9 Å². The lowest BCUT2D eigenvalue weighted by molar-refractivity contribution is -0.121.